The van der Waals surface area contributed by atoms with Gasteiger partial charge in [-0.15, -0.1) is 0 Å². The van der Waals surface area contributed by atoms with Crippen LogP contribution in [0.15, 0.2) is 22.7 Å². The van der Waals surface area contributed by atoms with Crippen LogP contribution in [0.1, 0.15) is 52.5 Å². The highest BCUT2D eigenvalue weighted by molar-refractivity contribution is 9.10. The molecule has 1 aromatic rings. The van der Waals surface area contributed by atoms with Gasteiger partial charge in [-0.05, 0) is 57.7 Å². The van der Waals surface area contributed by atoms with Crippen molar-refractivity contribution >= 4 is 51.0 Å². The van der Waals surface area contributed by atoms with E-state index in [-0.39, 0.29) is 30.0 Å². The zero-order chi connectivity index (χ0) is 22.7. The summed E-state index contributed by atoms with van der Waals surface area (Å²) in [6.45, 7) is 8.27. The first-order valence-corrected chi connectivity index (χ1v) is 10.7. The fourth-order valence-corrected chi connectivity index (χ4v) is 2.77. The molecule has 166 valence electrons. The summed E-state index contributed by atoms with van der Waals surface area (Å²) >= 11 is 8.37. The molecule has 0 saturated heterocycles. The molecular formula is C20H28BrN3O5S. The van der Waals surface area contributed by atoms with Crippen LogP contribution < -0.4 is 20.9 Å². The summed E-state index contributed by atoms with van der Waals surface area (Å²) < 4.78 is 11.1. The Kier molecular flexibility index (Phi) is 10.8. The molecule has 0 saturated carbocycles. The SMILES string of the molecule is CCCOC(=O)CCC(=O)NC(=S)NNC(=O)COc1ccc(C(C)(C)C)cc1Br. The normalized spacial score (nSPS) is 10.7. The third-order valence-electron chi connectivity index (χ3n) is 3.75. The number of hydrogen-bond donors (Lipinski definition) is 3. The molecule has 0 heterocycles. The Bertz CT molecular complexity index is 780. The van der Waals surface area contributed by atoms with Crippen LogP contribution in [-0.2, 0) is 24.5 Å². The quantitative estimate of drug-likeness (QED) is 0.285. The van der Waals surface area contributed by atoms with Gasteiger partial charge in [0.25, 0.3) is 5.91 Å². The number of amides is 2. The zero-order valence-corrected chi connectivity index (χ0v) is 20.0. The molecule has 0 aromatic heterocycles. The van der Waals surface area contributed by atoms with Gasteiger partial charge < -0.3 is 14.8 Å². The van der Waals surface area contributed by atoms with E-state index in [0.29, 0.717) is 18.8 Å². The number of rotatable bonds is 8. The Morgan fingerprint density at radius 2 is 1.80 bits per heavy atom. The average molecular weight is 502 g/mol. The van der Waals surface area contributed by atoms with Gasteiger partial charge in [0.1, 0.15) is 5.75 Å². The minimum atomic E-state index is -0.485. The maximum atomic E-state index is 11.9. The minimum absolute atomic E-state index is 0.00169. The lowest BCUT2D eigenvalue weighted by atomic mass is 9.87. The van der Waals surface area contributed by atoms with Crippen LogP contribution in [0.2, 0.25) is 0 Å². The zero-order valence-electron chi connectivity index (χ0n) is 17.6. The molecule has 8 nitrogen and oxygen atoms in total. The molecule has 0 radical (unpaired) electrons. The number of hydrazine groups is 1. The van der Waals surface area contributed by atoms with Crippen LogP contribution in [-0.4, -0.2) is 36.1 Å². The predicted molar refractivity (Wildman–Crippen MR) is 121 cm³/mol. The molecule has 0 aliphatic carbocycles. The third-order valence-corrected chi connectivity index (χ3v) is 4.57. The number of benzene rings is 1. The summed E-state index contributed by atoms with van der Waals surface area (Å²) in [5, 5.41) is 2.27. The second-order valence-electron chi connectivity index (χ2n) is 7.45. The molecule has 0 atom stereocenters. The van der Waals surface area contributed by atoms with Crippen molar-refractivity contribution in [3.8, 4) is 5.75 Å². The number of esters is 1. The van der Waals surface area contributed by atoms with E-state index in [0.717, 1.165) is 10.0 Å². The molecule has 10 heteroatoms. The molecule has 0 aliphatic rings. The lowest BCUT2D eigenvalue weighted by molar-refractivity contribution is -0.144. The maximum absolute atomic E-state index is 11.9. The summed E-state index contributed by atoms with van der Waals surface area (Å²) in [6, 6.07) is 5.69. The van der Waals surface area contributed by atoms with Crippen LogP contribution in [0.3, 0.4) is 0 Å². The third kappa shape index (κ3) is 10.0. The first kappa shape index (κ1) is 25.8. The van der Waals surface area contributed by atoms with Gasteiger partial charge in [0.2, 0.25) is 5.91 Å². The molecule has 0 unspecified atom stereocenters. The number of carbonyl (C=O) groups excluding carboxylic acids is 3. The largest absolute Gasteiger partial charge is 0.483 e. The Hall–Kier alpha value is -2.20. The highest BCUT2D eigenvalue weighted by atomic mass is 79.9. The molecule has 1 rings (SSSR count). The number of ether oxygens (including phenoxy) is 2. The van der Waals surface area contributed by atoms with Gasteiger partial charge >= 0.3 is 5.97 Å². The fraction of sp³-hybridized carbons (Fsp3) is 0.500. The Balaban J connectivity index is 2.33. The van der Waals surface area contributed by atoms with E-state index in [4.69, 9.17) is 21.7 Å². The van der Waals surface area contributed by atoms with Crippen molar-refractivity contribution < 1.29 is 23.9 Å². The van der Waals surface area contributed by atoms with E-state index < -0.39 is 17.8 Å². The Morgan fingerprint density at radius 1 is 1.10 bits per heavy atom. The molecule has 3 N–H and O–H groups in total. The van der Waals surface area contributed by atoms with Crippen molar-refractivity contribution in [3.63, 3.8) is 0 Å². The molecule has 2 amide bonds. The second-order valence-corrected chi connectivity index (χ2v) is 8.72. The van der Waals surface area contributed by atoms with E-state index in [1.807, 2.05) is 19.1 Å². The standard InChI is InChI=1S/C20H28BrN3O5S/c1-5-10-28-18(27)9-8-16(25)22-19(30)24-23-17(26)12-29-15-7-6-13(11-14(15)21)20(2,3)4/h6-7,11H,5,8-10,12H2,1-4H3,(H,23,26)(H2,22,24,25,30). The molecule has 0 fully saturated rings. The lowest BCUT2D eigenvalue weighted by Gasteiger charge is -2.20. The summed E-state index contributed by atoms with van der Waals surface area (Å²) in [5.74, 6) is -0.863. The highest BCUT2D eigenvalue weighted by Crippen LogP contribution is 2.31. The van der Waals surface area contributed by atoms with Crippen molar-refractivity contribution in [2.75, 3.05) is 13.2 Å². The summed E-state index contributed by atoms with van der Waals surface area (Å²) in [7, 11) is 0. The van der Waals surface area contributed by atoms with Gasteiger partial charge in [-0.3, -0.25) is 25.2 Å². The van der Waals surface area contributed by atoms with Crippen molar-refractivity contribution in [3.05, 3.63) is 28.2 Å². The first-order chi connectivity index (χ1) is 14.0. The Morgan fingerprint density at radius 3 is 2.40 bits per heavy atom. The van der Waals surface area contributed by atoms with Crippen LogP contribution in [0.25, 0.3) is 0 Å². The number of hydrogen-bond acceptors (Lipinski definition) is 6. The van der Waals surface area contributed by atoms with Crippen molar-refractivity contribution in [2.24, 2.45) is 0 Å². The molecule has 0 spiro atoms. The van der Waals surface area contributed by atoms with Gasteiger partial charge in [-0.25, -0.2) is 0 Å². The molecule has 0 aliphatic heterocycles. The average Bonchev–Trinajstić information content (AvgIpc) is 2.67. The first-order valence-electron chi connectivity index (χ1n) is 9.50. The Labute approximate surface area is 190 Å². The van der Waals surface area contributed by atoms with E-state index in [1.54, 1.807) is 6.07 Å². The van der Waals surface area contributed by atoms with E-state index >= 15 is 0 Å². The maximum Gasteiger partial charge on any atom is 0.306 e. The lowest BCUT2D eigenvalue weighted by Crippen LogP contribution is -2.49. The minimum Gasteiger partial charge on any atom is -0.483 e. The van der Waals surface area contributed by atoms with Crippen molar-refractivity contribution in [1.29, 1.82) is 0 Å². The smallest absolute Gasteiger partial charge is 0.306 e. The van der Waals surface area contributed by atoms with E-state index in [1.165, 1.54) is 0 Å². The van der Waals surface area contributed by atoms with Crippen LogP contribution in [0.5, 0.6) is 5.75 Å². The van der Waals surface area contributed by atoms with Crippen LogP contribution >= 0.6 is 28.1 Å². The van der Waals surface area contributed by atoms with E-state index in [9.17, 15) is 14.4 Å². The molecule has 1 aromatic carbocycles. The van der Waals surface area contributed by atoms with Crippen molar-refractivity contribution in [1.82, 2.24) is 16.2 Å². The predicted octanol–water partition coefficient (Wildman–Crippen LogP) is 2.88. The van der Waals surface area contributed by atoms with Gasteiger partial charge in [0, 0.05) is 6.42 Å². The van der Waals surface area contributed by atoms with Crippen LogP contribution in [0.4, 0.5) is 0 Å². The number of halogens is 1. The van der Waals surface area contributed by atoms with E-state index in [2.05, 4.69) is 52.9 Å². The van der Waals surface area contributed by atoms with Crippen molar-refractivity contribution in [2.45, 2.75) is 52.4 Å². The van der Waals surface area contributed by atoms with Gasteiger partial charge in [-0.2, -0.15) is 0 Å². The fourth-order valence-electron chi connectivity index (χ4n) is 2.11. The van der Waals surface area contributed by atoms with Gasteiger partial charge in [0.05, 0.1) is 17.5 Å². The van der Waals surface area contributed by atoms with Crippen LogP contribution in [0, 0.1) is 0 Å². The number of carbonyl (C=O) groups is 3. The second kappa shape index (κ2) is 12.5. The highest BCUT2D eigenvalue weighted by Gasteiger charge is 2.16. The number of nitrogens with one attached hydrogen (secondary N) is 3. The van der Waals surface area contributed by atoms with Gasteiger partial charge in [-0.1, -0.05) is 33.8 Å². The van der Waals surface area contributed by atoms with Gasteiger partial charge in [0.15, 0.2) is 11.7 Å². The monoisotopic (exact) mass is 501 g/mol. The summed E-state index contributed by atoms with van der Waals surface area (Å²) in [5.41, 5.74) is 5.87. The molecule has 30 heavy (non-hydrogen) atoms. The molecular weight excluding hydrogens is 474 g/mol. The topological polar surface area (TPSA) is 106 Å². The summed E-state index contributed by atoms with van der Waals surface area (Å²) in [6.07, 6.45) is 0.603. The number of thiocarbonyl (C=S) groups is 1. The summed E-state index contributed by atoms with van der Waals surface area (Å²) in [4.78, 5) is 35.0. The molecule has 0 bridgehead atoms.